The van der Waals surface area contributed by atoms with E-state index in [4.69, 9.17) is 0 Å². The maximum Gasteiger partial charge on any atom is 0.130 e. The topological polar surface area (TPSA) is 37.3 Å². The van der Waals surface area contributed by atoms with E-state index in [0.717, 1.165) is 0 Å². The Balaban J connectivity index is 3.80. The maximum absolute atomic E-state index is 10.6. The van der Waals surface area contributed by atoms with E-state index in [1.165, 1.54) is 6.92 Å². The van der Waals surface area contributed by atoms with Gasteiger partial charge in [0, 0.05) is 6.42 Å². The minimum atomic E-state index is -0.852. The lowest BCUT2D eigenvalue weighted by Gasteiger charge is -2.19. The second kappa shape index (κ2) is 3.67. The second-order valence-corrected chi connectivity index (χ2v) is 3.36. The molecule has 64 valence electrons. The van der Waals surface area contributed by atoms with Crippen molar-refractivity contribution in [2.24, 2.45) is 0 Å². The van der Waals surface area contributed by atoms with Crippen molar-refractivity contribution in [3.8, 4) is 0 Å². The number of hydrogen-bond acceptors (Lipinski definition) is 2. The van der Waals surface area contributed by atoms with Gasteiger partial charge in [-0.2, -0.15) is 0 Å². The van der Waals surface area contributed by atoms with Gasteiger partial charge in [-0.15, -0.1) is 0 Å². The molecule has 1 N–H and O–H groups in total. The average molecular weight is 156 g/mol. The largest absolute Gasteiger partial charge is 0.386 e. The zero-order chi connectivity index (χ0) is 9.07. The molecule has 0 aromatic rings. The fourth-order valence-electron chi connectivity index (χ4n) is 0.633. The number of rotatable bonds is 4. The predicted molar refractivity (Wildman–Crippen MR) is 45.4 cm³/mol. The molecule has 0 aromatic heterocycles. The smallest absolute Gasteiger partial charge is 0.130 e. The Morgan fingerprint density at radius 2 is 1.91 bits per heavy atom. The average Bonchev–Trinajstić information content (AvgIpc) is 1.80. The molecule has 0 rings (SSSR count). The number of aliphatic hydroxyl groups is 1. The highest BCUT2D eigenvalue weighted by Gasteiger charge is 2.16. The summed E-state index contributed by atoms with van der Waals surface area (Å²) in [5, 5.41) is 9.39. The van der Waals surface area contributed by atoms with Gasteiger partial charge in [-0.3, -0.25) is 0 Å². The van der Waals surface area contributed by atoms with Crippen molar-refractivity contribution in [1.29, 1.82) is 0 Å². The number of hydrogen-bond donors (Lipinski definition) is 1. The number of carbonyl (C=O) groups excluding carboxylic acids is 1. The molecular formula is C9H16O2. The lowest BCUT2D eigenvalue weighted by molar-refractivity contribution is -0.117. The van der Waals surface area contributed by atoms with E-state index in [1.807, 2.05) is 0 Å². The molecule has 0 heterocycles. The van der Waals surface area contributed by atoms with E-state index in [2.05, 4.69) is 6.58 Å². The summed E-state index contributed by atoms with van der Waals surface area (Å²) in [4.78, 5) is 10.6. The fourth-order valence-corrected chi connectivity index (χ4v) is 0.633. The van der Waals surface area contributed by atoms with Crippen LogP contribution in [-0.4, -0.2) is 16.5 Å². The molecule has 0 bridgehead atoms. The van der Waals surface area contributed by atoms with E-state index in [0.29, 0.717) is 18.4 Å². The summed E-state index contributed by atoms with van der Waals surface area (Å²) in [6.07, 6.45) is 1.06. The van der Waals surface area contributed by atoms with Crippen LogP contribution in [0.2, 0.25) is 0 Å². The van der Waals surface area contributed by atoms with Gasteiger partial charge in [0.15, 0.2) is 0 Å². The van der Waals surface area contributed by atoms with Crippen LogP contribution in [0.15, 0.2) is 12.2 Å². The molecule has 0 aliphatic rings. The first-order valence-corrected chi connectivity index (χ1v) is 3.74. The van der Waals surface area contributed by atoms with Crippen molar-refractivity contribution in [1.82, 2.24) is 0 Å². The second-order valence-electron chi connectivity index (χ2n) is 3.36. The third-order valence-corrected chi connectivity index (χ3v) is 1.64. The molecular weight excluding hydrogens is 140 g/mol. The van der Waals surface area contributed by atoms with Crippen molar-refractivity contribution in [3.63, 3.8) is 0 Å². The van der Waals surface area contributed by atoms with Crippen molar-refractivity contribution in [2.75, 3.05) is 0 Å². The van der Waals surface area contributed by atoms with Crippen LogP contribution >= 0.6 is 0 Å². The van der Waals surface area contributed by atoms with Crippen LogP contribution < -0.4 is 0 Å². The Morgan fingerprint density at radius 3 is 2.18 bits per heavy atom. The molecule has 11 heavy (non-hydrogen) atoms. The summed E-state index contributed by atoms with van der Waals surface area (Å²) in [5.41, 5.74) is -0.136. The van der Waals surface area contributed by atoms with E-state index in [-0.39, 0.29) is 5.78 Å². The standard InChI is InChI=1S/C9H16O2/c1-7(9(3,4)11)5-6-8(2)10/h11H,1,5-6H2,2-4H3. The molecule has 0 aromatic carbocycles. The Kier molecular flexibility index (Phi) is 3.46. The van der Waals surface area contributed by atoms with Crippen LogP contribution in [0.25, 0.3) is 0 Å². The summed E-state index contributed by atoms with van der Waals surface area (Å²) < 4.78 is 0. The van der Waals surface area contributed by atoms with Crippen molar-refractivity contribution < 1.29 is 9.90 Å². The highest BCUT2D eigenvalue weighted by atomic mass is 16.3. The van der Waals surface area contributed by atoms with Gasteiger partial charge in [0.25, 0.3) is 0 Å². The lowest BCUT2D eigenvalue weighted by Crippen LogP contribution is -2.21. The molecule has 0 radical (unpaired) electrons. The van der Waals surface area contributed by atoms with Crippen molar-refractivity contribution >= 4 is 5.78 Å². The molecule has 0 spiro atoms. The Hall–Kier alpha value is -0.630. The number of carbonyl (C=O) groups is 1. The third-order valence-electron chi connectivity index (χ3n) is 1.64. The van der Waals surface area contributed by atoms with Gasteiger partial charge in [0.2, 0.25) is 0 Å². The van der Waals surface area contributed by atoms with Crippen LogP contribution in [0.4, 0.5) is 0 Å². The van der Waals surface area contributed by atoms with Crippen LogP contribution in [0.5, 0.6) is 0 Å². The quantitative estimate of drug-likeness (QED) is 0.629. The normalized spacial score (nSPS) is 11.3. The van der Waals surface area contributed by atoms with Gasteiger partial charge in [-0.25, -0.2) is 0 Å². The highest BCUT2D eigenvalue weighted by Crippen LogP contribution is 2.18. The van der Waals surface area contributed by atoms with Crippen LogP contribution in [0.3, 0.4) is 0 Å². The minimum Gasteiger partial charge on any atom is -0.386 e. The zero-order valence-electron chi connectivity index (χ0n) is 7.48. The Labute approximate surface area is 67.9 Å². The van der Waals surface area contributed by atoms with Gasteiger partial charge in [-0.1, -0.05) is 6.58 Å². The molecule has 0 atom stereocenters. The van der Waals surface area contributed by atoms with Crippen LogP contribution in [0, 0.1) is 0 Å². The fraction of sp³-hybridized carbons (Fsp3) is 0.667. The SMILES string of the molecule is C=C(CCC(C)=O)C(C)(C)O. The van der Waals surface area contributed by atoms with Crippen LogP contribution in [-0.2, 0) is 4.79 Å². The van der Waals surface area contributed by atoms with Gasteiger partial charge in [-0.05, 0) is 32.8 Å². The molecule has 0 saturated carbocycles. The zero-order valence-corrected chi connectivity index (χ0v) is 7.48. The van der Waals surface area contributed by atoms with Gasteiger partial charge < -0.3 is 9.90 Å². The van der Waals surface area contributed by atoms with Gasteiger partial charge in [0.1, 0.15) is 5.78 Å². The van der Waals surface area contributed by atoms with Crippen molar-refractivity contribution in [2.45, 2.75) is 39.2 Å². The molecule has 2 heteroatoms. The van der Waals surface area contributed by atoms with E-state index in [9.17, 15) is 9.90 Å². The highest BCUT2D eigenvalue weighted by molar-refractivity contribution is 5.75. The van der Waals surface area contributed by atoms with Crippen molar-refractivity contribution in [3.05, 3.63) is 12.2 Å². The van der Waals surface area contributed by atoms with E-state index in [1.54, 1.807) is 13.8 Å². The predicted octanol–water partition coefficient (Wildman–Crippen LogP) is 1.68. The summed E-state index contributed by atoms with van der Waals surface area (Å²) in [6, 6.07) is 0. The molecule has 0 fully saturated rings. The Morgan fingerprint density at radius 1 is 1.45 bits per heavy atom. The van der Waals surface area contributed by atoms with Crippen LogP contribution in [0.1, 0.15) is 33.6 Å². The molecule has 0 amide bonds. The summed E-state index contributed by atoms with van der Waals surface area (Å²) >= 11 is 0. The number of Topliss-reactive ketones (excluding diaryl/α,β-unsaturated/α-hetero) is 1. The summed E-state index contributed by atoms with van der Waals surface area (Å²) in [7, 11) is 0. The summed E-state index contributed by atoms with van der Waals surface area (Å²) in [6.45, 7) is 8.59. The molecule has 0 aliphatic carbocycles. The molecule has 0 saturated heterocycles. The lowest BCUT2D eigenvalue weighted by atomic mass is 9.95. The van der Waals surface area contributed by atoms with Gasteiger partial charge >= 0.3 is 0 Å². The monoisotopic (exact) mass is 156 g/mol. The first-order chi connectivity index (χ1) is 4.84. The number of ketones is 1. The molecule has 2 nitrogen and oxygen atoms in total. The first kappa shape index (κ1) is 10.4. The first-order valence-electron chi connectivity index (χ1n) is 3.74. The molecule has 0 unspecified atom stereocenters. The van der Waals surface area contributed by atoms with E-state index >= 15 is 0 Å². The van der Waals surface area contributed by atoms with Gasteiger partial charge in [0.05, 0.1) is 5.60 Å². The Bertz CT molecular complexity index is 163. The maximum atomic E-state index is 10.6. The third kappa shape index (κ3) is 4.73. The molecule has 0 aliphatic heterocycles. The van der Waals surface area contributed by atoms with E-state index < -0.39 is 5.60 Å². The minimum absolute atomic E-state index is 0.135. The summed E-state index contributed by atoms with van der Waals surface area (Å²) in [5.74, 6) is 0.135.